The van der Waals surface area contributed by atoms with Crippen molar-refractivity contribution >= 4 is 5.97 Å². The number of rotatable bonds is 13. The minimum atomic E-state index is -0.218. The molecule has 0 radical (unpaired) electrons. The number of hydrogen-bond donors (Lipinski definition) is 0. The molecule has 0 spiro atoms. The van der Waals surface area contributed by atoms with Gasteiger partial charge in [0.25, 0.3) is 0 Å². The molecule has 0 aliphatic heterocycles. The second-order valence-corrected chi connectivity index (χ2v) is 5.21. The maximum absolute atomic E-state index is 11.5. The van der Waals surface area contributed by atoms with Gasteiger partial charge in [0.2, 0.25) is 0 Å². The summed E-state index contributed by atoms with van der Waals surface area (Å²) in [5, 5.41) is 0. The van der Waals surface area contributed by atoms with Crippen LogP contribution in [0.5, 0.6) is 0 Å². The summed E-state index contributed by atoms with van der Waals surface area (Å²) in [4.78, 5) is 21.3. The summed E-state index contributed by atoms with van der Waals surface area (Å²) < 4.78 is 0. The Hall–Kier alpha value is -0.570. The summed E-state index contributed by atoms with van der Waals surface area (Å²) in [6, 6.07) is 0. The van der Waals surface area contributed by atoms with E-state index in [4.69, 9.17) is 9.78 Å². The predicted octanol–water partition coefficient (Wildman–Crippen LogP) is 5.04. The van der Waals surface area contributed by atoms with E-state index < -0.39 is 0 Å². The third kappa shape index (κ3) is 11.0. The lowest BCUT2D eigenvalue weighted by atomic mass is 10.0. The number of carbonyl (C=O) groups excluding carboxylic acids is 1. The Kier molecular flexibility index (Phi) is 13.4. The number of carbonyl (C=O) groups is 1. The van der Waals surface area contributed by atoms with Gasteiger partial charge in [0.1, 0.15) is 0 Å². The van der Waals surface area contributed by atoms with Crippen molar-refractivity contribution in [3.63, 3.8) is 0 Å². The van der Waals surface area contributed by atoms with Gasteiger partial charge in [-0.1, -0.05) is 65.7 Å². The highest BCUT2D eigenvalue weighted by atomic mass is 17.2. The first kappa shape index (κ1) is 18.4. The van der Waals surface area contributed by atoms with Crippen LogP contribution in [0, 0.1) is 5.92 Å². The van der Waals surface area contributed by atoms with Crippen molar-refractivity contribution in [3.8, 4) is 0 Å². The van der Waals surface area contributed by atoms with Crippen LogP contribution >= 0.6 is 0 Å². The maximum atomic E-state index is 11.5. The molecule has 0 aromatic heterocycles. The van der Waals surface area contributed by atoms with Crippen LogP contribution in [0.25, 0.3) is 0 Å². The molecule has 0 heterocycles. The van der Waals surface area contributed by atoms with Gasteiger partial charge in [0, 0.05) is 0 Å². The van der Waals surface area contributed by atoms with Crippen molar-refractivity contribution in [2.24, 2.45) is 5.92 Å². The van der Waals surface area contributed by atoms with Crippen LogP contribution in [0.1, 0.15) is 85.0 Å². The molecule has 114 valence electrons. The van der Waals surface area contributed by atoms with Gasteiger partial charge in [-0.15, -0.1) is 0 Å². The lowest BCUT2D eigenvalue weighted by Crippen LogP contribution is -2.16. The number of hydrogen-bond acceptors (Lipinski definition) is 3. The van der Waals surface area contributed by atoms with Crippen LogP contribution < -0.4 is 0 Å². The monoisotopic (exact) mass is 272 g/mol. The van der Waals surface area contributed by atoms with Crippen molar-refractivity contribution < 1.29 is 14.6 Å². The number of unbranched alkanes of at least 4 members (excludes halogenated alkanes) is 7. The van der Waals surface area contributed by atoms with Crippen LogP contribution in [-0.4, -0.2) is 12.6 Å². The SMILES string of the molecule is CCCCCCCCCCOOC(=O)C(CC)CC. The van der Waals surface area contributed by atoms with Gasteiger partial charge in [0.15, 0.2) is 0 Å². The quantitative estimate of drug-likeness (QED) is 0.268. The minimum Gasteiger partial charge on any atom is -0.298 e. The molecule has 3 heteroatoms. The minimum absolute atomic E-state index is 0.0152. The molecule has 0 aromatic rings. The molecular formula is C16H32O3. The molecule has 0 fully saturated rings. The molecule has 0 rings (SSSR count). The zero-order chi connectivity index (χ0) is 14.3. The molecule has 0 bridgehead atoms. The molecule has 3 nitrogen and oxygen atoms in total. The van der Waals surface area contributed by atoms with Crippen molar-refractivity contribution in [3.05, 3.63) is 0 Å². The van der Waals surface area contributed by atoms with Gasteiger partial charge >= 0.3 is 5.97 Å². The van der Waals surface area contributed by atoms with E-state index in [0.29, 0.717) is 6.61 Å². The average Bonchev–Trinajstić information content (AvgIpc) is 2.42. The topological polar surface area (TPSA) is 35.5 Å². The molecule has 0 saturated heterocycles. The van der Waals surface area contributed by atoms with E-state index in [1.165, 1.54) is 38.5 Å². The summed E-state index contributed by atoms with van der Waals surface area (Å²) in [5.41, 5.74) is 0. The molecule has 0 aliphatic rings. The Morgan fingerprint density at radius 1 is 0.842 bits per heavy atom. The summed E-state index contributed by atoms with van der Waals surface area (Å²) in [6.07, 6.45) is 11.7. The maximum Gasteiger partial charge on any atom is 0.345 e. The highest BCUT2D eigenvalue weighted by Gasteiger charge is 2.16. The normalized spacial score (nSPS) is 10.9. The average molecular weight is 272 g/mol. The zero-order valence-corrected chi connectivity index (χ0v) is 13.1. The van der Waals surface area contributed by atoms with Crippen molar-refractivity contribution in [1.82, 2.24) is 0 Å². The van der Waals surface area contributed by atoms with E-state index in [0.717, 1.165) is 25.7 Å². The van der Waals surface area contributed by atoms with E-state index in [-0.39, 0.29) is 11.9 Å². The Bertz CT molecular complexity index is 200. The molecule has 0 N–H and O–H groups in total. The van der Waals surface area contributed by atoms with E-state index in [1.807, 2.05) is 13.8 Å². The van der Waals surface area contributed by atoms with Crippen LogP contribution in [0.2, 0.25) is 0 Å². The third-order valence-corrected chi connectivity index (χ3v) is 3.54. The molecule has 0 aliphatic carbocycles. The van der Waals surface area contributed by atoms with E-state index in [9.17, 15) is 4.79 Å². The van der Waals surface area contributed by atoms with Gasteiger partial charge < -0.3 is 0 Å². The lowest BCUT2D eigenvalue weighted by Gasteiger charge is -2.10. The molecule has 0 saturated carbocycles. The van der Waals surface area contributed by atoms with E-state index >= 15 is 0 Å². The Morgan fingerprint density at radius 3 is 1.89 bits per heavy atom. The summed E-state index contributed by atoms with van der Waals surface area (Å²) in [6.45, 7) is 6.75. The standard InChI is InChI=1S/C16H32O3/c1-4-7-8-9-10-11-12-13-14-18-19-16(17)15(5-2)6-3/h15H,4-14H2,1-3H3. The van der Waals surface area contributed by atoms with Gasteiger partial charge in [-0.2, -0.15) is 4.89 Å². The summed E-state index contributed by atoms with van der Waals surface area (Å²) in [5.74, 6) is -0.233. The van der Waals surface area contributed by atoms with Crippen molar-refractivity contribution in [2.75, 3.05) is 6.61 Å². The fourth-order valence-corrected chi connectivity index (χ4v) is 2.08. The third-order valence-electron chi connectivity index (χ3n) is 3.54. The summed E-state index contributed by atoms with van der Waals surface area (Å²) in [7, 11) is 0. The highest BCUT2D eigenvalue weighted by molar-refractivity contribution is 5.71. The predicted molar refractivity (Wildman–Crippen MR) is 78.7 cm³/mol. The Balaban J connectivity index is 3.24. The fourth-order valence-electron chi connectivity index (χ4n) is 2.08. The molecular weight excluding hydrogens is 240 g/mol. The largest absolute Gasteiger partial charge is 0.345 e. The second kappa shape index (κ2) is 13.9. The molecule has 0 amide bonds. The molecule has 0 unspecified atom stereocenters. The van der Waals surface area contributed by atoms with Crippen molar-refractivity contribution in [1.29, 1.82) is 0 Å². The Morgan fingerprint density at radius 2 is 1.37 bits per heavy atom. The second-order valence-electron chi connectivity index (χ2n) is 5.21. The first-order chi connectivity index (χ1) is 9.26. The first-order valence-electron chi connectivity index (χ1n) is 8.09. The zero-order valence-electron chi connectivity index (χ0n) is 13.1. The Labute approximate surface area is 119 Å². The van der Waals surface area contributed by atoms with Crippen LogP contribution in [0.3, 0.4) is 0 Å². The van der Waals surface area contributed by atoms with Gasteiger partial charge in [-0.05, 0) is 19.3 Å². The molecule has 0 atom stereocenters. The molecule has 19 heavy (non-hydrogen) atoms. The first-order valence-corrected chi connectivity index (χ1v) is 8.09. The van der Waals surface area contributed by atoms with E-state index in [2.05, 4.69) is 6.92 Å². The van der Waals surface area contributed by atoms with Gasteiger partial charge in [-0.25, -0.2) is 4.79 Å². The van der Waals surface area contributed by atoms with Crippen molar-refractivity contribution in [2.45, 2.75) is 85.0 Å². The van der Waals surface area contributed by atoms with Crippen LogP contribution in [0.4, 0.5) is 0 Å². The smallest absolute Gasteiger partial charge is 0.298 e. The van der Waals surface area contributed by atoms with Gasteiger partial charge in [0.05, 0.1) is 12.5 Å². The summed E-state index contributed by atoms with van der Waals surface area (Å²) >= 11 is 0. The van der Waals surface area contributed by atoms with Gasteiger partial charge in [-0.3, -0.25) is 4.89 Å². The molecule has 0 aromatic carbocycles. The fraction of sp³-hybridized carbons (Fsp3) is 0.938. The van der Waals surface area contributed by atoms with Crippen LogP contribution in [0.15, 0.2) is 0 Å². The van der Waals surface area contributed by atoms with Crippen LogP contribution in [-0.2, 0) is 14.6 Å². The van der Waals surface area contributed by atoms with E-state index in [1.54, 1.807) is 0 Å². The highest BCUT2D eigenvalue weighted by Crippen LogP contribution is 2.11. The lowest BCUT2D eigenvalue weighted by molar-refractivity contribution is -0.276.